The van der Waals surface area contributed by atoms with Gasteiger partial charge in [-0.15, -0.1) is 0 Å². The van der Waals surface area contributed by atoms with Crippen molar-refractivity contribution in [1.82, 2.24) is 9.80 Å². The number of methoxy groups -OCH3 is 1. The lowest BCUT2D eigenvalue weighted by Crippen LogP contribution is -2.29. The minimum atomic E-state index is -0.0818. The zero-order chi connectivity index (χ0) is 30.3. The molecule has 3 aromatic carbocycles. The average molecular weight is 613 g/mol. The highest BCUT2D eigenvalue weighted by atomic mass is 32.2. The minimum Gasteiger partial charge on any atom is -0.385 e. The molecule has 0 saturated carbocycles. The second kappa shape index (κ2) is 14.1. The summed E-state index contributed by atoms with van der Waals surface area (Å²) < 4.78 is 5.38. The Morgan fingerprint density at radius 1 is 0.977 bits per heavy atom. The Bertz CT molecular complexity index is 1590. The van der Waals surface area contributed by atoms with Crippen molar-refractivity contribution in [2.24, 2.45) is 4.99 Å². The fourth-order valence-electron chi connectivity index (χ4n) is 5.05. The molecule has 0 atom stereocenters. The monoisotopic (exact) mass is 612 g/mol. The number of Topliss-reactive ketones (excluding diaryl/α,β-unsaturated/α-hetero) is 1. The summed E-state index contributed by atoms with van der Waals surface area (Å²) in [6.45, 7) is 8.10. The number of rotatable bonds is 11. The van der Waals surface area contributed by atoms with Gasteiger partial charge in [0.15, 0.2) is 11.0 Å². The zero-order valence-electron chi connectivity index (χ0n) is 24.9. The Morgan fingerprint density at radius 2 is 1.70 bits per heavy atom. The van der Waals surface area contributed by atoms with E-state index in [0.29, 0.717) is 47.6 Å². The molecule has 0 radical (unpaired) electrons. The van der Waals surface area contributed by atoms with Crippen LogP contribution in [0.5, 0.6) is 0 Å². The van der Waals surface area contributed by atoms with Crippen LogP contribution in [0.2, 0.25) is 0 Å². The number of hydrogen-bond donors (Lipinski definition) is 1. The predicted molar refractivity (Wildman–Crippen MR) is 179 cm³/mol. The molecule has 3 aromatic rings. The van der Waals surface area contributed by atoms with Crippen molar-refractivity contribution in [3.8, 4) is 0 Å². The number of nitrogens with one attached hydrogen (secondary N) is 1. The number of amides is 1. The maximum Gasteiger partial charge on any atom is 0.269 e. The van der Waals surface area contributed by atoms with Gasteiger partial charge in [-0.1, -0.05) is 72.4 Å². The highest BCUT2D eigenvalue weighted by Crippen LogP contribution is 2.51. The SMILES string of the molecule is CCNc1ccc(C(C)=O)cc1N=C1S/C(=C2\SC(C)=C(c3ccccc3)N2CCCOC)C(=O)N1Cc1ccccc1. The summed E-state index contributed by atoms with van der Waals surface area (Å²) in [6, 6.07) is 25.7. The Labute approximate surface area is 262 Å². The van der Waals surface area contributed by atoms with E-state index in [4.69, 9.17) is 9.73 Å². The first kappa shape index (κ1) is 30.7. The van der Waals surface area contributed by atoms with Gasteiger partial charge in [0, 0.05) is 37.3 Å². The van der Waals surface area contributed by atoms with Crippen LogP contribution >= 0.6 is 23.5 Å². The molecular formula is C34H36N4O3S2. The molecule has 2 heterocycles. The van der Waals surface area contributed by atoms with Gasteiger partial charge in [-0.25, -0.2) is 4.99 Å². The fraction of sp³-hybridized carbons (Fsp3) is 0.265. The third-order valence-electron chi connectivity index (χ3n) is 7.10. The summed E-state index contributed by atoms with van der Waals surface area (Å²) in [5.74, 6) is -0.116. The summed E-state index contributed by atoms with van der Waals surface area (Å²) in [7, 11) is 1.71. The van der Waals surface area contributed by atoms with Crippen molar-refractivity contribution in [2.75, 3.05) is 32.1 Å². The number of allylic oxidation sites excluding steroid dienone is 1. The smallest absolute Gasteiger partial charge is 0.269 e. The summed E-state index contributed by atoms with van der Waals surface area (Å²) in [5.41, 5.74) is 5.25. The molecule has 2 aliphatic rings. The molecule has 1 saturated heterocycles. The van der Waals surface area contributed by atoms with E-state index in [1.54, 1.807) is 42.8 Å². The van der Waals surface area contributed by atoms with Crippen molar-refractivity contribution >= 4 is 57.5 Å². The van der Waals surface area contributed by atoms with Gasteiger partial charge >= 0.3 is 0 Å². The van der Waals surface area contributed by atoms with Crippen molar-refractivity contribution in [1.29, 1.82) is 0 Å². The predicted octanol–water partition coefficient (Wildman–Crippen LogP) is 7.73. The largest absolute Gasteiger partial charge is 0.385 e. The average Bonchev–Trinajstić information content (AvgIpc) is 3.50. The van der Waals surface area contributed by atoms with Crippen LogP contribution < -0.4 is 5.32 Å². The number of benzene rings is 3. The third kappa shape index (κ3) is 6.90. The number of hydrogen-bond acceptors (Lipinski definition) is 8. The lowest BCUT2D eigenvalue weighted by atomic mass is 10.1. The molecule has 0 unspecified atom stereocenters. The topological polar surface area (TPSA) is 74.2 Å². The number of nitrogens with zero attached hydrogens (tertiary/aromatic N) is 3. The minimum absolute atomic E-state index is 0.0346. The molecule has 2 aliphatic heterocycles. The van der Waals surface area contributed by atoms with Gasteiger partial charge in [0.25, 0.3) is 5.91 Å². The fourth-order valence-corrected chi connectivity index (χ4v) is 7.37. The van der Waals surface area contributed by atoms with Crippen LogP contribution in [-0.4, -0.2) is 53.5 Å². The van der Waals surface area contributed by atoms with E-state index in [9.17, 15) is 9.59 Å². The highest BCUT2D eigenvalue weighted by Gasteiger charge is 2.40. The van der Waals surface area contributed by atoms with Crippen molar-refractivity contribution in [2.45, 2.75) is 33.7 Å². The van der Waals surface area contributed by atoms with Gasteiger partial charge in [0.2, 0.25) is 0 Å². The normalized spacial score (nSPS) is 17.9. The first-order valence-electron chi connectivity index (χ1n) is 14.4. The van der Waals surface area contributed by atoms with E-state index < -0.39 is 0 Å². The standard InChI is InChI=1S/C34H36N4O3S2/c1-5-35-28-18-17-27(23(2)39)21-29(28)36-34-38(22-25-13-8-6-9-14-25)32(40)31(43-34)33-37(19-12-20-41-4)30(24(3)42-33)26-15-10-7-11-16-26/h6-11,13-18,21,35H,5,12,19-20,22H2,1-4H3/b33-31-,36-34?. The summed E-state index contributed by atoms with van der Waals surface area (Å²) in [6.07, 6.45) is 0.814. The van der Waals surface area contributed by atoms with Gasteiger partial charge < -0.3 is 15.0 Å². The quantitative estimate of drug-likeness (QED) is 0.135. The second-order valence-electron chi connectivity index (χ2n) is 10.2. The van der Waals surface area contributed by atoms with Crippen LogP contribution in [0.25, 0.3) is 5.70 Å². The molecule has 0 aromatic heterocycles. The van der Waals surface area contributed by atoms with E-state index in [0.717, 1.165) is 38.9 Å². The lowest BCUT2D eigenvalue weighted by molar-refractivity contribution is -0.122. The molecule has 43 heavy (non-hydrogen) atoms. The summed E-state index contributed by atoms with van der Waals surface area (Å²) >= 11 is 3.03. The van der Waals surface area contributed by atoms with Gasteiger partial charge in [-0.3, -0.25) is 14.5 Å². The molecule has 0 aliphatic carbocycles. The highest BCUT2D eigenvalue weighted by molar-refractivity contribution is 8.19. The Kier molecular flexibility index (Phi) is 10.1. The number of carbonyl (C=O) groups excluding carboxylic acids is 2. The molecule has 0 spiro atoms. The Morgan fingerprint density at radius 3 is 2.37 bits per heavy atom. The molecule has 1 N–H and O–H groups in total. The molecule has 222 valence electrons. The van der Waals surface area contributed by atoms with Crippen LogP contribution in [0.1, 0.15) is 48.7 Å². The third-order valence-corrected chi connectivity index (χ3v) is 9.42. The van der Waals surface area contributed by atoms with E-state index >= 15 is 0 Å². The van der Waals surface area contributed by atoms with Crippen molar-refractivity contribution in [3.05, 3.63) is 110 Å². The van der Waals surface area contributed by atoms with E-state index in [2.05, 4.69) is 29.3 Å². The lowest BCUT2D eigenvalue weighted by Gasteiger charge is -2.24. The first-order valence-corrected chi connectivity index (χ1v) is 16.0. The van der Waals surface area contributed by atoms with Crippen LogP contribution in [0.3, 0.4) is 0 Å². The number of ketones is 1. The Balaban J connectivity index is 1.61. The molecular weight excluding hydrogens is 577 g/mol. The van der Waals surface area contributed by atoms with Gasteiger partial charge in [0.1, 0.15) is 4.91 Å². The van der Waals surface area contributed by atoms with Crippen LogP contribution in [0, 0.1) is 0 Å². The van der Waals surface area contributed by atoms with E-state index in [1.165, 1.54) is 11.8 Å². The van der Waals surface area contributed by atoms with Crippen molar-refractivity contribution < 1.29 is 14.3 Å². The number of anilines is 1. The van der Waals surface area contributed by atoms with Crippen LogP contribution in [0.4, 0.5) is 11.4 Å². The van der Waals surface area contributed by atoms with Gasteiger partial charge in [-0.05, 0) is 68.3 Å². The summed E-state index contributed by atoms with van der Waals surface area (Å²) in [5, 5.41) is 4.84. The molecule has 1 amide bonds. The maximum atomic E-state index is 14.3. The van der Waals surface area contributed by atoms with Gasteiger partial charge in [-0.2, -0.15) is 0 Å². The van der Waals surface area contributed by atoms with Crippen LogP contribution in [-0.2, 0) is 16.1 Å². The number of thioether (sulfide) groups is 2. The Hall–Kier alpha value is -3.79. The van der Waals surface area contributed by atoms with Crippen LogP contribution in [0.15, 0.2) is 98.7 Å². The number of carbonyl (C=O) groups is 2. The second-order valence-corrected chi connectivity index (χ2v) is 12.4. The number of ether oxygens (including phenoxy) is 1. The van der Waals surface area contributed by atoms with E-state index in [1.807, 2.05) is 61.5 Å². The van der Waals surface area contributed by atoms with Gasteiger partial charge in [0.05, 0.1) is 28.6 Å². The zero-order valence-corrected chi connectivity index (χ0v) is 26.6. The molecule has 9 heteroatoms. The van der Waals surface area contributed by atoms with Crippen molar-refractivity contribution in [3.63, 3.8) is 0 Å². The number of amidine groups is 1. The molecule has 1 fully saturated rings. The molecule has 5 rings (SSSR count). The maximum absolute atomic E-state index is 14.3. The molecule has 7 nitrogen and oxygen atoms in total. The summed E-state index contributed by atoms with van der Waals surface area (Å²) in [4.78, 5) is 37.4. The number of aliphatic imine (C=N–C) groups is 1. The first-order chi connectivity index (χ1) is 20.9. The van der Waals surface area contributed by atoms with E-state index in [-0.39, 0.29) is 11.7 Å². The molecule has 0 bridgehead atoms.